The highest BCUT2D eigenvalue weighted by Crippen LogP contribution is 2.30. The van der Waals surface area contributed by atoms with Crippen LogP contribution in [0.5, 0.6) is 0 Å². The number of carbonyl (C=O) groups excluding carboxylic acids is 1. The molecule has 1 aliphatic rings. The minimum Gasteiger partial charge on any atom is -0.481 e. The zero-order valence-electron chi connectivity index (χ0n) is 15.0. The number of anilines is 1. The van der Waals surface area contributed by atoms with Crippen molar-refractivity contribution in [1.29, 1.82) is 0 Å². The molecule has 0 saturated carbocycles. The number of rotatable bonds is 6. The van der Waals surface area contributed by atoms with Crippen molar-refractivity contribution < 1.29 is 14.7 Å². The van der Waals surface area contributed by atoms with E-state index >= 15 is 0 Å². The molecule has 0 aliphatic carbocycles. The van der Waals surface area contributed by atoms with Crippen molar-refractivity contribution in [3.8, 4) is 0 Å². The summed E-state index contributed by atoms with van der Waals surface area (Å²) < 4.78 is 1.95. The Morgan fingerprint density at radius 1 is 1.46 bits per heavy atom. The van der Waals surface area contributed by atoms with Crippen LogP contribution in [0.2, 0.25) is 0 Å². The van der Waals surface area contributed by atoms with E-state index in [0.717, 1.165) is 30.8 Å². The second-order valence-electron chi connectivity index (χ2n) is 7.23. The van der Waals surface area contributed by atoms with Gasteiger partial charge in [0.15, 0.2) is 0 Å². The van der Waals surface area contributed by atoms with Gasteiger partial charge in [-0.1, -0.05) is 20.8 Å². The molecule has 24 heavy (non-hydrogen) atoms. The minimum absolute atomic E-state index is 0.233. The van der Waals surface area contributed by atoms with Crippen LogP contribution in [0.4, 0.5) is 10.5 Å². The van der Waals surface area contributed by atoms with E-state index in [4.69, 9.17) is 0 Å². The van der Waals surface area contributed by atoms with Crippen LogP contribution in [-0.4, -0.2) is 44.9 Å². The maximum absolute atomic E-state index is 12.5. The summed E-state index contributed by atoms with van der Waals surface area (Å²) in [5, 5.41) is 16.6. The molecule has 134 valence electrons. The van der Waals surface area contributed by atoms with Crippen LogP contribution < -0.4 is 5.32 Å². The van der Waals surface area contributed by atoms with Gasteiger partial charge in [0.05, 0.1) is 23.0 Å². The van der Waals surface area contributed by atoms with Gasteiger partial charge in [0.2, 0.25) is 0 Å². The number of carboxylic acid groups (broad SMARTS) is 1. The van der Waals surface area contributed by atoms with Gasteiger partial charge in [0.25, 0.3) is 0 Å². The van der Waals surface area contributed by atoms with Gasteiger partial charge < -0.3 is 15.3 Å². The molecule has 1 unspecified atom stereocenters. The Bertz CT molecular complexity index is 611. The molecule has 2 heterocycles. The summed E-state index contributed by atoms with van der Waals surface area (Å²) >= 11 is 0. The van der Waals surface area contributed by atoms with E-state index < -0.39 is 11.4 Å². The number of aliphatic carboxylic acids is 1. The van der Waals surface area contributed by atoms with Crippen LogP contribution in [-0.2, 0) is 17.8 Å². The summed E-state index contributed by atoms with van der Waals surface area (Å²) in [7, 11) is 0. The SMILES string of the molecule is CCc1c(NC(=O)N2CCC(C)(C(=O)O)C2)cnn1CCC(C)C. The Labute approximate surface area is 143 Å². The summed E-state index contributed by atoms with van der Waals surface area (Å²) in [4.78, 5) is 25.3. The maximum atomic E-state index is 12.5. The van der Waals surface area contributed by atoms with Crippen LogP contribution in [0.25, 0.3) is 0 Å². The quantitative estimate of drug-likeness (QED) is 0.836. The zero-order valence-corrected chi connectivity index (χ0v) is 15.0. The molecule has 0 spiro atoms. The fraction of sp³-hybridized carbons (Fsp3) is 0.706. The number of likely N-dealkylation sites (tertiary alicyclic amines) is 1. The van der Waals surface area contributed by atoms with Gasteiger partial charge in [0.1, 0.15) is 0 Å². The highest BCUT2D eigenvalue weighted by Gasteiger charge is 2.42. The van der Waals surface area contributed by atoms with Gasteiger partial charge in [-0.25, -0.2) is 4.79 Å². The van der Waals surface area contributed by atoms with Crippen molar-refractivity contribution in [3.05, 3.63) is 11.9 Å². The molecule has 1 aromatic rings. The van der Waals surface area contributed by atoms with E-state index in [1.165, 1.54) is 0 Å². The molecule has 2 N–H and O–H groups in total. The van der Waals surface area contributed by atoms with Crippen molar-refractivity contribution in [3.63, 3.8) is 0 Å². The number of hydrogen-bond acceptors (Lipinski definition) is 3. The maximum Gasteiger partial charge on any atom is 0.321 e. The van der Waals surface area contributed by atoms with Crippen LogP contribution in [0.1, 0.15) is 46.2 Å². The lowest BCUT2D eigenvalue weighted by Crippen LogP contribution is -2.37. The van der Waals surface area contributed by atoms with Crippen molar-refractivity contribution in [2.24, 2.45) is 11.3 Å². The van der Waals surface area contributed by atoms with Crippen molar-refractivity contribution in [2.75, 3.05) is 18.4 Å². The predicted octanol–water partition coefficient (Wildman–Crippen LogP) is 2.82. The topological polar surface area (TPSA) is 87.5 Å². The van der Waals surface area contributed by atoms with Crippen LogP contribution in [0, 0.1) is 11.3 Å². The van der Waals surface area contributed by atoms with Crippen LogP contribution >= 0.6 is 0 Å². The number of hydrogen-bond donors (Lipinski definition) is 2. The fourth-order valence-electron chi connectivity index (χ4n) is 2.96. The first kappa shape index (κ1) is 18.3. The summed E-state index contributed by atoms with van der Waals surface area (Å²) in [6.07, 6.45) is 3.97. The highest BCUT2D eigenvalue weighted by atomic mass is 16.4. The number of nitrogens with one attached hydrogen (secondary N) is 1. The molecule has 0 aromatic carbocycles. The Hall–Kier alpha value is -2.05. The van der Waals surface area contributed by atoms with Gasteiger partial charge in [-0.05, 0) is 32.1 Å². The lowest BCUT2D eigenvalue weighted by molar-refractivity contribution is -0.146. The molecule has 1 saturated heterocycles. The number of aromatic nitrogens is 2. The van der Waals surface area contributed by atoms with E-state index in [1.807, 2.05) is 11.6 Å². The molecule has 0 radical (unpaired) electrons. The van der Waals surface area contributed by atoms with E-state index in [1.54, 1.807) is 18.0 Å². The number of nitrogens with zero attached hydrogens (tertiary/aromatic N) is 3. The first-order valence-corrected chi connectivity index (χ1v) is 8.61. The normalized spacial score (nSPS) is 20.6. The number of aryl methyl sites for hydroxylation is 1. The molecular formula is C17H28N4O3. The van der Waals surface area contributed by atoms with Crippen molar-refractivity contribution in [1.82, 2.24) is 14.7 Å². The second-order valence-corrected chi connectivity index (χ2v) is 7.23. The summed E-state index contributed by atoms with van der Waals surface area (Å²) in [5.74, 6) is -0.260. The van der Waals surface area contributed by atoms with Gasteiger partial charge in [0, 0.05) is 19.6 Å². The fourth-order valence-corrected chi connectivity index (χ4v) is 2.96. The second kappa shape index (κ2) is 7.23. The third kappa shape index (κ3) is 3.88. The Morgan fingerprint density at radius 3 is 2.71 bits per heavy atom. The summed E-state index contributed by atoms with van der Waals surface area (Å²) in [6.45, 7) is 9.58. The third-order valence-corrected chi connectivity index (χ3v) is 4.72. The Balaban J connectivity index is 2.03. The average molecular weight is 336 g/mol. The molecular weight excluding hydrogens is 308 g/mol. The van der Waals surface area contributed by atoms with Gasteiger partial charge in [-0.15, -0.1) is 0 Å². The number of carboxylic acids is 1. The minimum atomic E-state index is -0.855. The molecule has 1 atom stereocenters. The molecule has 7 heteroatoms. The lowest BCUT2D eigenvalue weighted by atomic mass is 9.90. The van der Waals surface area contributed by atoms with Crippen molar-refractivity contribution >= 4 is 17.7 Å². The van der Waals surface area contributed by atoms with E-state index in [0.29, 0.717) is 18.9 Å². The van der Waals surface area contributed by atoms with E-state index in [-0.39, 0.29) is 12.6 Å². The molecule has 7 nitrogen and oxygen atoms in total. The predicted molar refractivity (Wildman–Crippen MR) is 92.0 cm³/mol. The zero-order chi connectivity index (χ0) is 17.9. The smallest absolute Gasteiger partial charge is 0.321 e. The number of urea groups is 1. The van der Waals surface area contributed by atoms with E-state index in [9.17, 15) is 14.7 Å². The highest BCUT2D eigenvalue weighted by molar-refractivity contribution is 5.90. The molecule has 2 rings (SSSR count). The molecule has 1 aliphatic heterocycles. The Morgan fingerprint density at radius 2 is 2.17 bits per heavy atom. The first-order valence-electron chi connectivity index (χ1n) is 8.61. The van der Waals surface area contributed by atoms with Crippen LogP contribution in [0.3, 0.4) is 0 Å². The number of carbonyl (C=O) groups is 2. The van der Waals surface area contributed by atoms with E-state index in [2.05, 4.69) is 24.3 Å². The number of amides is 2. The summed E-state index contributed by atoms with van der Waals surface area (Å²) in [5.41, 5.74) is 0.867. The van der Waals surface area contributed by atoms with Gasteiger partial charge in [-0.2, -0.15) is 5.10 Å². The molecule has 1 fully saturated rings. The standard InChI is InChI=1S/C17H28N4O3/c1-5-14-13(10-18-21(14)8-6-12(2)3)19-16(24)20-9-7-17(4,11-20)15(22)23/h10,12H,5-9,11H2,1-4H3,(H,19,24)(H,22,23). The lowest BCUT2D eigenvalue weighted by Gasteiger charge is -2.20. The van der Waals surface area contributed by atoms with Crippen LogP contribution in [0.15, 0.2) is 6.20 Å². The van der Waals surface area contributed by atoms with Crippen molar-refractivity contribution in [2.45, 2.75) is 53.5 Å². The largest absolute Gasteiger partial charge is 0.481 e. The third-order valence-electron chi connectivity index (χ3n) is 4.72. The van der Waals surface area contributed by atoms with Gasteiger partial charge >= 0.3 is 12.0 Å². The first-order chi connectivity index (χ1) is 11.3. The Kier molecular flexibility index (Phi) is 5.51. The molecule has 2 amide bonds. The monoisotopic (exact) mass is 336 g/mol. The average Bonchev–Trinajstić information content (AvgIpc) is 3.09. The van der Waals surface area contributed by atoms with Gasteiger partial charge in [-0.3, -0.25) is 9.48 Å². The molecule has 1 aromatic heterocycles. The summed E-state index contributed by atoms with van der Waals surface area (Å²) in [6, 6.07) is -0.252. The molecule has 0 bridgehead atoms.